The zero-order valence-electron chi connectivity index (χ0n) is 19.2. The third kappa shape index (κ3) is 3.33. The van der Waals surface area contributed by atoms with E-state index in [1.807, 2.05) is 0 Å². The predicted molar refractivity (Wildman–Crippen MR) is 118 cm³/mol. The summed E-state index contributed by atoms with van der Waals surface area (Å²) >= 11 is 0. The highest BCUT2D eigenvalue weighted by atomic mass is 16.1. The van der Waals surface area contributed by atoms with E-state index in [9.17, 15) is 4.79 Å². The van der Waals surface area contributed by atoms with Crippen LogP contribution in [-0.2, 0) is 4.79 Å². The number of hydrogen-bond donors (Lipinski definition) is 0. The lowest BCUT2D eigenvalue weighted by Crippen LogP contribution is -2.50. The molecule has 0 N–H and O–H groups in total. The Bertz CT molecular complexity index is 630. The number of hydrogen-bond acceptors (Lipinski definition) is 1. The van der Waals surface area contributed by atoms with Crippen LogP contribution in [0.15, 0.2) is 11.6 Å². The van der Waals surface area contributed by atoms with Crippen molar-refractivity contribution in [3.05, 3.63) is 11.6 Å². The van der Waals surface area contributed by atoms with Gasteiger partial charge in [0.05, 0.1) is 0 Å². The number of ketones is 1. The summed E-state index contributed by atoms with van der Waals surface area (Å²) in [6.07, 6.45) is 16.5. The van der Waals surface area contributed by atoms with Crippen LogP contribution in [0.2, 0.25) is 0 Å². The summed E-state index contributed by atoms with van der Waals surface area (Å²) in [4.78, 5) is 12.1. The first kappa shape index (κ1) is 20.7. The number of carbonyl (C=O) groups is 1. The Morgan fingerprint density at radius 2 is 1.82 bits per heavy atom. The van der Waals surface area contributed by atoms with E-state index in [4.69, 9.17) is 0 Å². The highest BCUT2D eigenvalue weighted by Crippen LogP contribution is 2.67. The van der Waals surface area contributed by atoms with E-state index >= 15 is 0 Å². The molecule has 7 atom stereocenters. The van der Waals surface area contributed by atoms with Gasteiger partial charge in [-0.1, -0.05) is 65.5 Å². The van der Waals surface area contributed by atoms with Gasteiger partial charge in [0.25, 0.3) is 0 Å². The highest BCUT2D eigenvalue weighted by molar-refractivity contribution is 5.82. The fourth-order valence-corrected chi connectivity index (χ4v) is 8.50. The standard InChI is InChI=1S/C27H44O/c1-18(2)7-6-8-19(3)23-11-12-24-22-10-9-20-17-21(28)13-15-26(20,4)25(22)14-16-27(23,24)5/h9,18-19,22-25H,6-8,10-17H2,1-5H3/t19-,22-,23-,24-,25-,26+,27-/m1/s1. The summed E-state index contributed by atoms with van der Waals surface area (Å²) < 4.78 is 0. The zero-order chi connectivity index (χ0) is 20.1. The van der Waals surface area contributed by atoms with Gasteiger partial charge >= 0.3 is 0 Å². The predicted octanol–water partition coefficient (Wildman–Crippen LogP) is 7.60. The van der Waals surface area contributed by atoms with E-state index in [0.717, 1.165) is 54.8 Å². The molecule has 3 fully saturated rings. The molecule has 0 aliphatic heterocycles. The molecular weight excluding hydrogens is 340 g/mol. The molecule has 0 saturated heterocycles. The van der Waals surface area contributed by atoms with Gasteiger partial charge < -0.3 is 0 Å². The average Bonchev–Trinajstić information content (AvgIpc) is 2.99. The van der Waals surface area contributed by atoms with Crippen molar-refractivity contribution in [2.45, 2.75) is 105 Å². The van der Waals surface area contributed by atoms with Crippen LogP contribution in [0.4, 0.5) is 0 Å². The Kier molecular flexibility index (Phi) is 5.60. The third-order valence-corrected chi connectivity index (χ3v) is 10.1. The van der Waals surface area contributed by atoms with Crippen LogP contribution in [0.5, 0.6) is 0 Å². The van der Waals surface area contributed by atoms with Gasteiger partial charge in [-0.05, 0) is 84.9 Å². The summed E-state index contributed by atoms with van der Waals surface area (Å²) in [5.41, 5.74) is 2.43. The molecule has 0 heterocycles. The van der Waals surface area contributed by atoms with Crippen molar-refractivity contribution in [2.24, 2.45) is 46.3 Å². The van der Waals surface area contributed by atoms with Crippen LogP contribution in [-0.4, -0.2) is 5.78 Å². The molecule has 0 aromatic heterocycles. The third-order valence-electron chi connectivity index (χ3n) is 10.1. The average molecular weight is 385 g/mol. The minimum atomic E-state index is 0.332. The Labute approximate surface area is 174 Å². The van der Waals surface area contributed by atoms with E-state index in [-0.39, 0.29) is 0 Å². The molecular formula is C27H44O. The molecule has 28 heavy (non-hydrogen) atoms. The van der Waals surface area contributed by atoms with Crippen LogP contribution in [0, 0.1) is 46.3 Å². The number of carbonyl (C=O) groups excluding carboxylic acids is 1. The molecule has 158 valence electrons. The lowest BCUT2D eigenvalue weighted by molar-refractivity contribution is -0.122. The second-order valence-electron chi connectivity index (χ2n) is 12.0. The van der Waals surface area contributed by atoms with Gasteiger partial charge in [0.15, 0.2) is 0 Å². The Morgan fingerprint density at radius 1 is 1.04 bits per heavy atom. The van der Waals surface area contributed by atoms with Crippen molar-refractivity contribution in [2.75, 3.05) is 0 Å². The molecule has 0 amide bonds. The van der Waals surface area contributed by atoms with Gasteiger partial charge in [-0.2, -0.15) is 0 Å². The summed E-state index contributed by atoms with van der Waals surface area (Å²) in [7, 11) is 0. The van der Waals surface area contributed by atoms with Crippen molar-refractivity contribution in [3.63, 3.8) is 0 Å². The first-order valence-electron chi connectivity index (χ1n) is 12.5. The molecule has 0 aromatic carbocycles. The first-order chi connectivity index (χ1) is 13.3. The zero-order valence-corrected chi connectivity index (χ0v) is 19.2. The van der Waals surface area contributed by atoms with Gasteiger partial charge in [-0.25, -0.2) is 0 Å². The summed E-state index contributed by atoms with van der Waals surface area (Å²) in [6, 6.07) is 0. The number of fused-ring (bicyclic) bond motifs is 5. The van der Waals surface area contributed by atoms with E-state index in [2.05, 4.69) is 40.7 Å². The van der Waals surface area contributed by atoms with Crippen LogP contribution < -0.4 is 0 Å². The first-order valence-corrected chi connectivity index (χ1v) is 12.5. The molecule has 0 spiro atoms. The molecule has 1 nitrogen and oxygen atoms in total. The number of rotatable bonds is 5. The van der Waals surface area contributed by atoms with Crippen LogP contribution in [0.25, 0.3) is 0 Å². The van der Waals surface area contributed by atoms with E-state index in [1.165, 1.54) is 56.9 Å². The molecule has 0 unspecified atom stereocenters. The molecule has 0 aromatic rings. The molecule has 4 aliphatic rings. The number of Topliss-reactive ketones (excluding diaryl/α,β-unsaturated/α-hetero) is 1. The molecule has 4 rings (SSSR count). The van der Waals surface area contributed by atoms with Crippen molar-refractivity contribution >= 4 is 5.78 Å². The maximum Gasteiger partial charge on any atom is 0.136 e. The van der Waals surface area contributed by atoms with Gasteiger partial charge in [-0.3, -0.25) is 4.79 Å². The SMILES string of the molecule is CC(C)CCC[C@@H](C)[C@H]1CC[C@@H]2[C@H]3CC=C4CC(=O)CC[C@]4(C)[C@@H]3CC[C@@]21C. The van der Waals surface area contributed by atoms with E-state index in [0.29, 0.717) is 16.6 Å². The summed E-state index contributed by atoms with van der Waals surface area (Å²) in [5.74, 6) is 5.82. The monoisotopic (exact) mass is 384 g/mol. The second-order valence-corrected chi connectivity index (χ2v) is 12.0. The molecule has 0 radical (unpaired) electrons. The maximum atomic E-state index is 12.1. The maximum absolute atomic E-state index is 12.1. The normalized spacial score (nSPS) is 43.9. The quantitative estimate of drug-likeness (QED) is 0.446. The second kappa shape index (κ2) is 7.59. The molecule has 4 aliphatic carbocycles. The minimum Gasteiger partial charge on any atom is -0.299 e. The molecule has 1 heteroatoms. The van der Waals surface area contributed by atoms with Crippen molar-refractivity contribution in [3.8, 4) is 0 Å². The molecule has 0 bridgehead atoms. The van der Waals surface area contributed by atoms with Crippen molar-refractivity contribution in [1.29, 1.82) is 0 Å². The Balaban J connectivity index is 1.50. The Morgan fingerprint density at radius 3 is 2.57 bits per heavy atom. The van der Waals surface area contributed by atoms with E-state index in [1.54, 1.807) is 0 Å². The minimum absolute atomic E-state index is 0.332. The number of allylic oxidation sites excluding steroid dienone is 2. The lowest BCUT2D eigenvalue weighted by Gasteiger charge is -2.58. The largest absolute Gasteiger partial charge is 0.299 e. The van der Waals surface area contributed by atoms with Crippen molar-refractivity contribution in [1.82, 2.24) is 0 Å². The fourth-order valence-electron chi connectivity index (χ4n) is 8.50. The van der Waals surface area contributed by atoms with Gasteiger partial charge in [0, 0.05) is 12.8 Å². The van der Waals surface area contributed by atoms with Gasteiger partial charge in [0.1, 0.15) is 5.78 Å². The lowest BCUT2D eigenvalue weighted by atomic mass is 9.47. The van der Waals surface area contributed by atoms with Gasteiger partial charge in [-0.15, -0.1) is 0 Å². The Hall–Kier alpha value is -0.590. The highest BCUT2D eigenvalue weighted by Gasteiger charge is 2.59. The fraction of sp³-hybridized carbons (Fsp3) is 0.889. The topological polar surface area (TPSA) is 17.1 Å². The van der Waals surface area contributed by atoms with Crippen LogP contribution >= 0.6 is 0 Å². The van der Waals surface area contributed by atoms with E-state index < -0.39 is 0 Å². The van der Waals surface area contributed by atoms with Crippen LogP contribution in [0.1, 0.15) is 105 Å². The smallest absolute Gasteiger partial charge is 0.136 e. The van der Waals surface area contributed by atoms with Gasteiger partial charge in [0.2, 0.25) is 0 Å². The summed E-state index contributed by atoms with van der Waals surface area (Å²) in [6.45, 7) is 12.5. The van der Waals surface area contributed by atoms with Crippen molar-refractivity contribution < 1.29 is 4.79 Å². The summed E-state index contributed by atoms with van der Waals surface area (Å²) in [5, 5.41) is 0. The molecule has 3 saturated carbocycles. The van der Waals surface area contributed by atoms with Crippen LogP contribution in [0.3, 0.4) is 0 Å².